The van der Waals surface area contributed by atoms with Crippen LogP contribution < -0.4 is 16.1 Å². The van der Waals surface area contributed by atoms with Gasteiger partial charge in [-0.25, -0.2) is 9.78 Å². The summed E-state index contributed by atoms with van der Waals surface area (Å²) in [6, 6.07) is 0. The van der Waals surface area contributed by atoms with E-state index in [2.05, 4.69) is 19.9 Å². The van der Waals surface area contributed by atoms with Gasteiger partial charge in [0.25, 0.3) is 5.56 Å². The Hall–Kier alpha value is -2.84. The van der Waals surface area contributed by atoms with Crippen LogP contribution >= 0.6 is 0 Å². The fourth-order valence-electron chi connectivity index (χ4n) is 3.40. The standard InChI is InChI=1S/C15H19N7O2/c1-19-7-5-16-11(19)9-4-6-22(8-9)14-17-10-12(18-14)20(2)15(24)21(3)13(10)23/h5,7,9H,4,6,8H2,1-3H3,(H,17,18). The molecular formula is C15H19N7O2. The number of anilines is 1. The lowest BCUT2D eigenvalue weighted by molar-refractivity contribution is 0.665. The van der Waals surface area contributed by atoms with Crippen molar-refractivity contribution in [2.75, 3.05) is 18.0 Å². The number of nitrogens with zero attached hydrogens (tertiary/aromatic N) is 6. The van der Waals surface area contributed by atoms with Crippen molar-refractivity contribution >= 4 is 17.1 Å². The highest BCUT2D eigenvalue weighted by Crippen LogP contribution is 2.28. The molecule has 1 fully saturated rings. The minimum absolute atomic E-state index is 0.324. The molecule has 1 unspecified atom stereocenters. The number of hydrogen-bond acceptors (Lipinski definition) is 5. The van der Waals surface area contributed by atoms with Gasteiger partial charge >= 0.3 is 5.69 Å². The maximum atomic E-state index is 12.3. The average Bonchev–Trinajstić information content (AvgIpc) is 3.28. The monoisotopic (exact) mass is 329 g/mol. The zero-order chi connectivity index (χ0) is 17.0. The van der Waals surface area contributed by atoms with E-state index in [1.54, 1.807) is 13.2 Å². The van der Waals surface area contributed by atoms with Crippen LogP contribution in [0, 0.1) is 0 Å². The second-order valence-electron chi connectivity index (χ2n) is 6.29. The van der Waals surface area contributed by atoms with Gasteiger partial charge in [-0.05, 0) is 6.42 Å². The highest BCUT2D eigenvalue weighted by atomic mass is 16.2. The van der Waals surface area contributed by atoms with Gasteiger partial charge < -0.3 is 14.5 Å². The number of aryl methyl sites for hydroxylation is 2. The molecule has 0 saturated carbocycles. The summed E-state index contributed by atoms with van der Waals surface area (Å²) in [7, 11) is 5.08. The summed E-state index contributed by atoms with van der Waals surface area (Å²) in [4.78, 5) is 38.4. The van der Waals surface area contributed by atoms with Gasteiger partial charge in [-0.15, -0.1) is 0 Å². The molecule has 4 rings (SSSR count). The Balaban J connectivity index is 1.72. The number of aromatic nitrogens is 6. The third-order valence-electron chi connectivity index (χ3n) is 4.79. The molecule has 0 amide bonds. The Morgan fingerprint density at radius 2 is 2.00 bits per heavy atom. The maximum Gasteiger partial charge on any atom is 0.332 e. The predicted molar refractivity (Wildman–Crippen MR) is 89.4 cm³/mol. The van der Waals surface area contributed by atoms with Crippen molar-refractivity contribution in [3.63, 3.8) is 0 Å². The largest absolute Gasteiger partial charge is 0.342 e. The molecule has 0 aromatic carbocycles. The van der Waals surface area contributed by atoms with Gasteiger partial charge in [-0.3, -0.25) is 13.9 Å². The zero-order valence-electron chi connectivity index (χ0n) is 13.9. The van der Waals surface area contributed by atoms with Crippen molar-refractivity contribution in [3.05, 3.63) is 39.1 Å². The summed E-state index contributed by atoms with van der Waals surface area (Å²) >= 11 is 0. The molecule has 0 aliphatic carbocycles. The first-order valence-corrected chi connectivity index (χ1v) is 7.85. The molecule has 3 aromatic rings. The van der Waals surface area contributed by atoms with Gasteiger partial charge in [0, 0.05) is 52.5 Å². The van der Waals surface area contributed by atoms with Crippen molar-refractivity contribution in [1.29, 1.82) is 0 Å². The Morgan fingerprint density at radius 1 is 1.21 bits per heavy atom. The summed E-state index contributed by atoms with van der Waals surface area (Å²) in [5.41, 5.74) is 0.0122. The smallest absolute Gasteiger partial charge is 0.332 e. The molecule has 24 heavy (non-hydrogen) atoms. The predicted octanol–water partition coefficient (Wildman–Crippen LogP) is -0.312. The van der Waals surface area contributed by atoms with E-state index in [1.807, 2.05) is 17.8 Å². The van der Waals surface area contributed by atoms with E-state index in [0.717, 1.165) is 29.9 Å². The fourth-order valence-corrected chi connectivity index (χ4v) is 3.40. The number of aromatic amines is 1. The topological polar surface area (TPSA) is 93.7 Å². The van der Waals surface area contributed by atoms with E-state index < -0.39 is 0 Å². The number of nitrogens with one attached hydrogen (secondary N) is 1. The van der Waals surface area contributed by atoms with Crippen molar-refractivity contribution in [2.24, 2.45) is 21.1 Å². The van der Waals surface area contributed by atoms with Crippen LogP contribution in [0.15, 0.2) is 22.0 Å². The SMILES string of the molecule is Cn1ccnc1C1CCN(c2nc3c([nH]2)c(=O)n(C)c(=O)n3C)C1. The third-order valence-corrected chi connectivity index (χ3v) is 4.79. The molecule has 1 N–H and O–H groups in total. The first-order chi connectivity index (χ1) is 11.5. The normalized spacial score (nSPS) is 18.0. The first-order valence-electron chi connectivity index (χ1n) is 7.85. The number of hydrogen-bond donors (Lipinski definition) is 1. The van der Waals surface area contributed by atoms with Crippen LogP contribution in [0.4, 0.5) is 5.95 Å². The molecule has 4 heterocycles. The lowest BCUT2D eigenvalue weighted by Crippen LogP contribution is -2.36. The number of fused-ring (bicyclic) bond motifs is 1. The minimum atomic E-state index is -0.377. The lowest BCUT2D eigenvalue weighted by Gasteiger charge is -2.14. The van der Waals surface area contributed by atoms with E-state index in [4.69, 9.17) is 0 Å². The molecular weight excluding hydrogens is 310 g/mol. The van der Waals surface area contributed by atoms with Crippen LogP contribution in [0.1, 0.15) is 18.2 Å². The summed E-state index contributed by atoms with van der Waals surface area (Å²) in [6.45, 7) is 1.60. The molecule has 3 aromatic heterocycles. The minimum Gasteiger partial charge on any atom is -0.342 e. The Kier molecular flexibility index (Phi) is 3.12. The van der Waals surface area contributed by atoms with E-state index >= 15 is 0 Å². The molecule has 1 aliphatic heterocycles. The first kappa shape index (κ1) is 14.7. The number of H-pyrrole nitrogens is 1. The molecule has 126 valence electrons. The molecule has 1 aliphatic rings. The maximum absolute atomic E-state index is 12.3. The average molecular weight is 329 g/mol. The van der Waals surface area contributed by atoms with Gasteiger partial charge in [0.2, 0.25) is 5.95 Å². The van der Waals surface area contributed by atoms with Gasteiger partial charge in [0.05, 0.1) is 0 Å². The van der Waals surface area contributed by atoms with Crippen LogP contribution in [-0.2, 0) is 21.1 Å². The van der Waals surface area contributed by atoms with Gasteiger partial charge in [-0.1, -0.05) is 0 Å². The van der Waals surface area contributed by atoms with Gasteiger partial charge in [0.15, 0.2) is 11.2 Å². The lowest BCUT2D eigenvalue weighted by atomic mass is 10.1. The Morgan fingerprint density at radius 3 is 2.71 bits per heavy atom. The quantitative estimate of drug-likeness (QED) is 0.696. The summed E-state index contributed by atoms with van der Waals surface area (Å²) in [5.74, 6) is 2.00. The zero-order valence-corrected chi connectivity index (χ0v) is 13.9. The molecule has 9 nitrogen and oxygen atoms in total. The number of imidazole rings is 2. The molecule has 1 saturated heterocycles. The van der Waals surface area contributed by atoms with Crippen LogP contribution in [0.5, 0.6) is 0 Å². The summed E-state index contributed by atoms with van der Waals surface area (Å²) < 4.78 is 4.51. The van der Waals surface area contributed by atoms with Crippen LogP contribution in [-0.4, -0.2) is 41.7 Å². The summed E-state index contributed by atoms with van der Waals surface area (Å²) in [6.07, 6.45) is 4.72. The molecule has 0 bridgehead atoms. The van der Waals surface area contributed by atoms with Crippen LogP contribution in [0.25, 0.3) is 11.2 Å². The van der Waals surface area contributed by atoms with Gasteiger partial charge in [0.1, 0.15) is 5.82 Å². The second-order valence-corrected chi connectivity index (χ2v) is 6.29. The van der Waals surface area contributed by atoms with Crippen molar-refractivity contribution in [1.82, 2.24) is 28.7 Å². The highest BCUT2D eigenvalue weighted by molar-refractivity contribution is 5.73. The molecule has 0 spiro atoms. The third kappa shape index (κ3) is 2.00. The van der Waals surface area contributed by atoms with E-state index in [1.165, 1.54) is 11.6 Å². The molecule has 0 radical (unpaired) electrons. The van der Waals surface area contributed by atoms with Crippen molar-refractivity contribution in [2.45, 2.75) is 12.3 Å². The summed E-state index contributed by atoms with van der Waals surface area (Å²) in [5, 5.41) is 0. The van der Waals surface area contributed by atoms with Gasteiger partial charge in [-0.2, -0.15) is 4.98 Å². The van der Waals surface area contributed by atoms with Crippen LogP contribution in [0.2, 0.25) is 0 Å². The number of rotatable bonds is 2. The Bertz CT molecular complexity index is 1040. The highest BCUT2D eigenvalue weighted by Gasteiger charge is 2.29. The van der Waals surface area contributed by atoms with E-state index in [9.17, 15) is 9.59 Å². The Labute approximate surface area is 137 Å². The van der Waals surface area contributed by atoms with Crippen LogP contribution in [0.3, 0.4) is 0 Å². The second kappa shape index (κ2) is 5.08. The molecule has 1 atom stereocenters. The van der Waals surface area contributed by atoms with E-state index in [-0.39, 0.29) is 11.2 Å². The fraction of sp³-hybridized carbons (Fsp3) is 0.467. The van der Waals surface area contributed by atoms with E-state index in [0.29, 0.717) is 23.0 Å². The van der Waals surface area contributed by atoms with Crippen molar-refractivity contribution < 1.29 is 0 Å². The van der Waals surface area contributed by atoms with Crippen molar-refractivity contribution in [3.8, 4) is 0 Å². The molecule has 9 heteroatoms.